The first-order valence-corrected chi connectivity index (χ1v) is 3.61. The summed E-state index contributed by atoms with van der Waals surface area (Å²) in [6.07, 6.45) is -3.03. The summed E-state index contributed by atoms with van der Waals surface area (Å²) < 4.78 is 4.87. The molecule has 70 valence electrons. The van der Waals surface area contributed by atoms with E-state index in [0.29, 0.717) is 0 Å². The van der Waals surface area contributed by atoms with Crippen molar-refractivity contribution in [1.82, 2.24) is 0 Å². The molecule has 12 heavy (non-hydrogen) atoms. The van der Waals surface area contributed by atoms with Gasteiger partial charge in [-0.2, -0.15) is 4.91 Å². The van der Waals surface area contributed by atoms with Gasteiger partial charge in [-0.1, -0.05) is 5.18 Å². The van der Waals surface area contributed by atoms with Crippen LogP contribution < -0.4 is 0 Å². The summed E-state index contributed by atoms with van der Waals surface area (Å²) in [5, 5.41) is 29.3. The second-order valence-electron chi connectivity index (χ2n) is 2.71. The van der Waals surface area contributed by atoms with Gasteiger partial charge < -0.3 is 20.1 Å². The third-order valence-electron chi connectivity index (χ3n) is 1.88. The predicted molar refractivity (Wildman–Crippen MR) is 38.4 cm³/mol. The first kappa shape index (κ1) is 9.53. The fraction of sp³-hybridized carbons (Fsp3) is 1.00. The van der Waals surface area contributed by atoms with Crippen LogP contribution in [0.1, 0.15) is 0 Å². The maximum Gasteiger partial charge on any atom is 0.149 e. The average molecular weight is 177 g/mol. The minimum absolute atomic E-state index is 0.0296. The molecule has 0 saturated carbocycles. The van der Waals surface area contributed by atoms with E-state index in [4.69, 9.17) is 20.1 Å². The van der Waals surface area contributed by atoms with E-state index in [2.05, 4.69) is 5.18 Å². The number of ether oxygens (including phenoxy) is 1. The van der Waals surface area contributed by atoms with Crippen LogP contribution in [0.4, 0.5) is 0 Å². The van der Waals surface area contributed by atoms with E-state index >= 15 is 0 Å². The summed E-state index contributed by atoms with van der Waals surface area (Å²) >= 11 is 0. The van der Waals surface area contributed by atoms with E-state index in [1.807, 2.05) is 0 Å². The lowest BCUT2D eigenvalue weighted by Crippen LogP contribution is -2.39. The molecule has 6 heteroatoms. The Morgan fingerprint density at radius 1 is 1.67 bits per heavy atom. The minimum Gasteiger partial charge on any atom is -0.394 e. The molecule has 0 amide bonds. The maximum atomic E-state index is 10.2. The van der Waals surface area contributed by atoms with Crippen molar-refractivity contribution in [1.29, 1.82) is 0 Å². The Labute approximate surface area is 68.7 Å². The number of nitrogens with zero attached hydrogens (tertiary/aromatic N) is 1. The topological polar surface area (TPSA) is 99.4 Å². The van der Waals surface area contributed by atoms with Crippen molar-refractivity contribution in [2.45, 2.75) is 24.4 Å². The van der Waals surface area contributed by atoms with E-state index in [1.54, 1.807) is 0 Å². The first-order chi connectivity index (χ1) is 5.70. The van der Waals surface area contributed by atoms with Gasteiger partial charge in [0.25, 0.3) is 0 Å². The van der Waals surface area contributed by atoms with Gasteiger partial charge in [-0.05, 0) is 0 Å². The molecule has 1 fully saturated rings. The van der Waals surface area contributed by atoms with Crippen LogP contribution in [0.3, 0.4) is 0 Å². The Balaban J connectivity index is 2.59. The van der Waals surface area contributed by atoms with E-state index in [0.717, 1.165) is 0 Å². The molecule has 0 bridgehead atoms. The van der Waals surface area contributed by atoms with Crippen LogP contribution >= 0.6 is 0 Å². The van der Waals surface area contributed by atoms with Crippen molar-refractivity contribution in [2.24, 2.45) is 5.18 Å². The van der Waals surface area contributed by atoms with Gasteiger partial charge >= 0.3 is 0 Å². The zero-order valence-electron chi connectivity index (χ0n) is 6.33. The summed E-state index contributed by atoms with van der Waals surface area (Å²) in [4.78, 5) is 10.2. The largest absolute Gasteiger partial charge is 0.394 e. The van der Waals surface area contributed by atoms with Crippen LogP contribution in [0.2, 0.25) is 0 Å². The molecule has 1 rings (SSSR count). The molecule has 0 aromatic heterocycles. The molecule has 0 radical (unpaired) electrons. The number of hydrogen-bond acceptors (Lipinski definition) is 6. The molecule has 0 aliphatic carbocycles. The summed E-state index contributed by atoms with van der Waals surface area (Å²) in [6.45, 7) is -0.540. The second-order valence-corrected chi connectivity index (χ2v) is 2.71. The molecule has 1 aliphatic heterocycles. The maximum absolute atomic E-state index is 10.2. The molecule has 1 saturated heterocycles. The van der Waals surface area contributed by atoms with Crippen LogP contribution in [0.5, 0.6) is 0 Å². The second kappa shape index (κ2) is 3.90. The van der Waals surface area contributed by atoms with Crippen molar-refractivity contribution >= 4 is 0 Å². The Bertz CT molecular complexity index is 164. The molecule has 4 atom stereocenters. The minimum atomic E-state index is -1.16. The highest BCUT2D eigenvalue weighted by Gasteiger charge is 2.41. The predicted octanol–water partition coefficient (Wildman–Crippen LogP) is -1.77. The Kier molecular flexibility index (Phi) is 3.10. The third-order valence-corrected chi connectivity index (χ3v) is 1.88. The summed E-state index contributed by atoms with van der Waals surface area (Å²) in [6, 6.07) is -0.979. The zero-order chi connectivity index (χ0) is 9.14. The van der Waals surface area contributed by atoms with Gasteiger partial charge in [0.1, 0.15) is 24.4 Å². The Morgan fingerprint density at radius 3 is 2.83 bits per heavy atom. The molecule has 0 spiro atoms. The SMILES string of the molecule is O=NC1C(O)COC1C(O)CO. The molecule has 0 aromatic carbocycles. The molecule has 1 aliphatic rings. The number of aliphatic hydroxyl groups excluding tert-OH is 3. The lowest BCUT2D eigenvalue weighted by atomic mass is 10.1. The highest BCUT2D eigenvalue weighted by molar-refractivity contribution is 4.92. The van der Waals surface area contributed by atoms with Gasteiger partial charge in [-0.25, -0.2) is 0 Å². The first-order valence-electron chi connectivity index (χ1n) is 3.61. The van der Waals surface area contributed by atoms with Crippen LogP contribution in [0, 0.1) is 4.91 Å². The van der Waals surface area contributed by atoms with Gasteiger partial charge in [0, 0.05) is 0 Å². The van der Waals surface area contributed by atoms with E-state index in [9.17, 15) is 4.91 Å². The van der Waals surface area contributed by atoms with Crippen LogP contribution in [0.15, 0.2) is 5.18 Å². The number of nitroso groups, excluding NO2 is 1. The Hall–Kier alpha value is -0.560. The molecule has 3 N–H and O–H groups in total. The lowest BCUT2D eigenvalue weighted by Gasteiger charge is -2.17. The molecular weight excluding hydrogens is 166 g/mol. The fourth-order valence-electron chi connectivity index (χ4n) is 1.20. The fourth-order valence-corrected chi connectivity index (χ4v) is 1.20. The highest BCUT2D eigenvalue weighted by Crippen LogP contribution is 2.20. The Morgan fingerprint density at radius 2 is 2.33 bits per heavy atom. The summed E-state index contributed by atoms with van der Waals surface area (Å²) in [5.74, 6) is 0. The number of rotatable bonds is 3. The average Bonchev–Trinajstić information content (AvgIpc) is 2.45. The van der Waals surface area contributed by atoms with Gasteiger partial charge in [0.15, 0.2) is 0 Å². The standard InChI is InChI=1S/C6H11NO5/c8-1-3(9)6-5(7-11)4(10)2-12-6/h3-6,8-10H,1-2H2. The van der Waals surface area contributed by atoms with E-state index in [-0.39, 0.29) is 6.61 Å². The van der Waals surface area contributed by atoms with Gasteiger partial charge in [-0.15, -0.1) is 0 Å². The zero-order valence-corrected chi connectivity index (χ0v) is 6.33. The normalized spacial score (nSPS) is 38.1. The lowest BCUT2D eigenvalue weighted by molar-refractivity contribution is -0.0332. The summed E-state index contributed by atoms with van der Waals surface area (Å²) in [7, 11) is 0. The molecule has 4 unspecified atom stereocenters. The van der Waals surface area contributed by atoms with Crippen LogP contribution in [-0.4, -0.2) is 52.9 Å². The number of aliphatic hydroxyl groups is 3. The smallest absolute Gasteiger partial charge is 0.149 e. The van der Waals surface area contributed by atoms with Crippen LogP contribution in [-0.2, 0) is 4.74 Å². The van der Waals surface area contributed by atoms with Crippen molar-refractivity contribution in [2.75, 3.05) is 13.2 Å². The quantitative estimate of drug-likeness (QED) is 0.443. The molecular formula is C6H11NO5. The van der Waals surface area contributed by atoms with Gasteiger partial charge in [-0.3, -0.25) is 0 Å². The van der Waals surface area contributed by atoms with Crippen molar-refractivity contribution in [3.8, 4) is 0 Å². The highest BCUT2D eigenvalue weighted by atomic mass is 16.5. The number of hydrogen-bond donors (Lipinski definition) is 3. The molecule has 6 nitrogen and oxygen atoms in total. The van der Waals surface area contributed by atoms with Crippen molar-refractivity contribution in [3.05, 3.63) is 4.91 Å². The van der Waals surface area contributed by atoms with Crippen LogP contribution in [0.25, 0.3) is 0 Å². The third kappa shape index (κ3) is 1.61. The van der Waals surface area contributed by atoms with Gasteiger partial charge in [0.05, 0.1) is 13.2 Å². The van der Waals surface area contributed by atoms with Crippen molar-refractivity contribution < 1.29 is 20.1 Å². The van der Waals surface area contributed by atoms with Crippen molar-refractivity contribution in [3.63, 3.8) is 0 Å². The van der Waals surface area contributed by atoms with E-state index < -0.39 is 31.0 Å². The molecule has 1 heterocycles. The monoisotopic (exact) mass is 177 g/mol. The van der Waals surface area contributed by atoms with Gasteiger partial charge in [0.2, 0.25) is 0 Å². The molecule has 0 aromatic rings. The van der Waals surface area contributed by atoms with E-state index in [1.165, 1.54) is 0 Å². The summed E-state index contributed by atoms with van der Waals surface area (Å²) in [5.41, 5.74) is 0.